The van der Waals surface area contributed by atoms with E-state index in [1.54, 1.807) is 0 Å². The molecular formula is C20H20N2O. The molecule has 1 aliphatic rings. The number of hydrogen-bond donors (Lipinski definition) is 1. The summed E-state index contributed by atoms with van der Waals surface area (Å²) in [5, 5.41) is 0.996. The Morgan fingerprint density at radius 3 is 2.52 bits per heavy atom. The van der Waals surface area contributed by atoms with Crippen LogP contribution >= 0.6 is 0 Å². The highest BCUT2D eigenvalue weighted by atomic mass is 16.5. The van der Waals surface area contributed by atoms with E-state index in [1.165, 1.54) is 29.7 Å². The van der Waals surface area contributed by atoms with Crippen molar-refractivity contribution in [2.45, 2.75) is 32.6 Å². The van der Waals surface area contributed by atoms with Crippen molar-refractivity contribution in [2.24, 2.45) is 0 Å². The fourth-order valence-corrected chi connectivity index (χ4v) is 3.25. The lowest BCUT2D eigenvalue weighted by atomic mass is 9.93. The molecule has 0 unspecified atom stereocenters. The largest absolute Gasteiger partial charge is 0.457 e. The van der Waals surface area contributed by atoms with E-state index in [9.17, 15) is 0 Å². The second kappa shape index (κ2) is 5.58. The second-order valence-electron chi connectivity index (χ2n) is 6.25. The van der Waals surface area contributed by atoms with Gasteiger partial charge in [-0.25, -0.2) is 0 Å². The molecule has 4 rings (SSSR count). The topological polar surface area (TPSA) is 48.1 Å². The monoisotopic (exact) mass is 304 g/mol. The number of aromatic nitrogens is 1. The maximum Gasteiger partial charge on any atom is 0.128 e. The number of pyridine rings is 1. The maximum atomic E-state index is 6.43. The third kappa shape index (κ3) is 2.63. The summed E-state index contributed by atoms with van der Waals surface area (Å²) in [4.78, 5) is 4.80. The number of ether oxygens (including phenoxy) is 1. The van der Waals surface area contributed by atoms with Gasteiger partial charge in [0.2, 0.25) is 0 Å². The number of anilines is 1. The first-order chi connectivity index (χ1) is 11.2. The zero-order valence-electron chi connectivity index (χ0n) is 13.3. The molecule has 1 aromatic heterocycles. The van der Waals surface area contributed by atoms with Crippen molar-refractivity contribution >= 4 is 16.6 Å². The van der Waals surface area contributed by atoms with E-state index in [0.29, 0.717) is 0 Å². The summed E-state index contributed by atoms with van der Waals surface area (Å²) >= 11 is 0. The van der Waals surface area contributed by atoms with Crippen LogP contribution in [0.5, 0.6) is 11.5 Å². The Morgan fingerprint density at radius 2 is 1.70 bits per heavy atom. The summed E-state index contributed by atoms with van der Waals surface area (Å²) in [5.74, 6) is 1.63. The Morgan fingerprint density at radius 1 is 0.957 bits per heavy atom. The van der Waals surface area contributed by atoms with Crippen molar-refractivity contribution in [3.05, 3.63) is 59.3 Å². The molecule has 0 spiro atoms. The number of aryl methyl sites for hydroxylation is 2. The van der Waals surface area contributed by atoms with Crippen molar-refractivity contribution in [1.29, 1.82) is 0 Å². The number of rotatable bonds is 2. The highest BCUT2D eigenvalue weighted by Gasteiger charge is 2.16. The Kier molecular flexibility index (Phi) is 3.41. The van der Waals surface area contributed by atoms with E-state index in [-0.39, 0.29) is 0 Å². The van der Waals surface area contributed by atoms with Gasteiger partial charge in [-0.3, -0.25) is 4.98 Å². The summed E-state index contributed by atoms with van der Waals surface area (Å²) in [7, 11) is 0. The number of hydrogen-bond acceptors (Lipinski definition) is 3. The zero-order chi connectivity index (χ0) is 15.8. The molecule has 0 aliphatic heterocycles. The summed E-state index contributed by atoms with van der Waals surface area (Å²) < 4.78 is 5.96. The summed E-state index contributed by atoms with van der Waals surface area (Å²) in [6.45, 7) is 2.06. The number of benzene rings is 2. The van der Waals surface area contributed by atoms with Crippen molar-refractivity contribution in [2.75, 3.05) is 5.73 Å². The number of fused-ring (bicyclic) bond motifs is 2. The van der Waals surface area contributed by atoms with Crippen LogP contribution in [0.25, 0.3) is 10.9 Å². The van der Waals surface area contributed by atoms with Crippen LogP contribution in [0.1, 0.15) is 29.7 Å². The molecule has 1 heterocycles. The van der Waals surface area contributed by atoms with E-state index in [1.807, 2.05) is 42.5 Å². The molecule has 0 saturated heterocycles. The van der Waals surface area contributed by atoms with Crippen LogP contribution in [0.4, 0.5) is 5.69 Å². The van der Waals surface area contributed by atoms with Crippen LogP contribution in [0.15, 0.2) is 42.5 Å². The molecule has 0 amide bonds. The smallest absolute Gasteiger partial charge is 0.128 e. The molecule has 2 aromatic carbocycles. The SMILES string of the molecule is Cc1ccc(Oc2ccc3nc4c(c(N)c3c2)CCCC4)cc1. The number of nitrogen functional groups attached to an aromatic ring is 1. The van der Waals surface area contributed by atoms with Gasteiger partial charge >= 0.3 is 0 Å². The molecule has 3 aromatic rings. The zero-order valence-corrected chi connectivity index (χ0v) is 13.3. The Bertz CT molecular complexity index is 869. The lowest BCUT2D eigenvalue weighted by molar-refractivity contribution is 0.483. The van der Waals surface area contributed by atoms with Gasteiger partial charge in [-0.15, -0.1) is 0 Å². The molecule has 3 nitrogen and oxygen atoms in total. The van der Waals surface area contributed by atoms with Gasteiger partial charge in [0.05, 0.1) is 5.52 Å². The highest BCUT2D eigenvalue weighted by Crippen LogP contribution is 2.34. The summed E-state index contributed by atoms with van der Waals surface area (Å²) in [6.07, 6.45) is 4.48. The van der Waals surface area contributed by atoms with E-state index in [0.717, 1.165) is 40.9 Å². The minimum atomic E-state index is 0.797. The fraction of sp³-hybridized carbons (Fsp3) is 0.250. The third-order valence-corrected chi connectivity index (χ3v) is 4.53. The molecule has 0 radical (unpaired) electrons. The van der Waals surface area contributed by atoms with E-state index < -0.39 is 0 Å². The number of nitrogens with zero attached hydrogens (tertiary/aromatic N) is 1. The molecule has 0 atom stereocenters. The van der Waals surface area contributed by atoms with Gasteiger partial charge in [0.15, 0.2) is 0 Å². The molecule has 0 saturated carbocycles. The fourth-order valence-electron chi connectivity index (χ4n) is 3.25. The molecule has 116 valence electrons. The predicted molar refractivity (Wildman–Crippen MR) is 94.1 cm³/mol. The Balaban J connectivity index is 1.75. The first-order valence-corrected chi connectivity index (χ1v) is 8.16. The van der Waals surface area contributed by atoms with Crippen LogP contribution in [0.3, 0.4) is 0 Å². The predicted octanol–water partition coefficient (Wildman–Crippen LogP) is 4.80. The van der Waals surface area contributed by atoms with Gasteiger partial charge in [-0.2, -0.15) is 0 Å². The van der Waals surface area contributed by atoms with Crippen molar-refractivity contribution in [3.63, 3.8) is 0 Å². The van der Waals surface area contributed by atoms with Crippen molar-refractivity contribution < 1.29 is 4.74 Å². The minimum Gasteiger partial charge on any atom is -0.457 e. The van der Waals surface area contributed by atoms with E-state index in [4.69, 9.17) is 15.5 Å². The van der Waals surface area contributed by atoms with Crippen LogP contribution in [0.2, 0.25) is 0 Å². The van der Waals surface area contributed by atoms with Crippen molar-refractivity contribution in [1.82, 2.24) is 4.98 Å². The lowest BCUT2D eigenvalue weighted by Crippen LogP contribution is -2.09. The molecular weight excluding hydrogens is 284 g/mol. The van der Waals surface area contributed by atoms with Crippen LogP contribution < -0.4 is 10.5 Å². The average Bonchev–Trinajstić information content (AvgIpc) is 2.58. The van der Waals surface area contributed by atoms with Gasteiger partial charge in [-0.05, 0) is 68.5 Å². The van der Waals surface area contributed by atoms with Crippen molar-refractivity contribution in [3.8, 4) is 11.5 Å². The molecule has 0 fully saturated rings. The van der Waals surface area contributed by atoms with Gasteiger partial charge in [0.1, 0.15) is 11.5 Å². The number of nitrogens with two attached hydrogens (primary N) is 1. The quantitative estimate of drug-likeness (QED) is 0.740. The average molecular weight is 304 g/mol. The molecule has 23 heavy (non-hydrogen) atoms. The van der Waals surface area contributed by atoms with Gasteiger partial charge in [0.25, 0.3) is 0 Å². The summed E-state index contributed by atoms with van der Waals surface area (Å²) in [6, 6.07) is 14.0. The van der Waals surface area contributed by atoms with E-state index in [2.05, 4.69) is 6.92 Å². The molecule has 0 bridgehead atoms. The van der Waals surface area contributed by atoms with Crippen LogP contribution in [-0.2, 0) is 12.8 Å². The second-order valence-corrected chi connectivity index (χ2v) is 6.25. The minimum absolute atomic E-state index is 0.797. The van der Waals surface area contributed by atoms with Crippen LogP contribution in [-0.4, -0.2) is 4.98 Å². The molecule has 2 N–H and O–H groups in total. The van der Waals surface area contributed by atoms with Gasteiger partial charge in [-0.1, -0.05) is 17.7 Å². The standard InChI is InChI=1S/C20H20N2O/c1-13-6-8-14(9-7-13)23-15-10-11-19-17(12-15)20(21)16-4-2-3-5-18(16)22-19/h6-12H,2-5H2,1H3,(H2,21,22). The van der Waals surface area contributed by atoms with Gasteiger partial charge < -0.3 is 10.5 Å². The Hall–Kier alpha value is -2.55. The molecule has 3 heteroatoms. The van der Waals surface area contributed by atoms with E-state index >= 15 is 0 Å². The first-order valence-electron chi connectivity index (χ1n) is 8.16. The first kappa shape index (κ1) is 14.1. The third-order valence-electron chi connectivity index (χ3n) is 4.53. The molecule has 1 aliphatic carbocycles. The van der Waals surface area contributed by atoms with Crippen LogP contribution in [0, 0.1) is 6.92 Å². The lowest BCUT2D eigenvalue weighted by Gasteiger charge is -2.18. The Labute approximate surface area is 136 Å². The highest BCUT2D eigenvalue weighted by molar-refractivity contribution is 5.93. The maximum absolute atomic E-state index is 6.43. The normalized spacial score (nSPS) is 13.8. The van der Waals surface area contributed by atoms with Gasteiger partial charge in [0, 0.05) is 16.8 Å². The summed E-state index contributed by atoms with van der Waals surface area (Å²) in [5.41, 5.74) is 11.9.